The fourth-order valence-electron chi connectivity index (χ4n) is 2.77. The molecule has 1 N–H and O–H groups in total. The molecule has 0 saturated heterocycles. The van der Waals surface area contributed by atoms with E-state index in [4.69, 9.17) is 4.74 Å². The minimum Gasteiger partial charge on any atom is -0.488 e. The zero-order valence-electron chi connectivity index (χ0n) is 13.4. The van der Waals surface area contributed by atoms with Gasteiger partial charge >= 0.3 is 5.69 Å². The molecule has 3 aromatic rings. The molecule has 0 aliphatic carbocycles. The zero-order chi connectivity index (χ0) is 17.1. The lowest BCUT2D eigenvalue weighted by Crippen LogP contribution is -2.31. The fraction of sp³-hybridized carbons (Fsp3) is 0.278. The van der Waals surface area contributed by atoms with Crippen LogP contribution in [0.4, 0.5) is 4.39 Å². The number of aryl methyl sites for hydroxylation is 1. The first-order valence-corrected chi connectivity index (χ1v) is 7.85. The van der Waals surface area contributed by atoms with Gasteiger partial charge in [-0.15, -0.1) is 0 Å². The van der Waals surface area contributed by atoms with Crippen molar-refractivity contribution in [2.24, 2.45) is 0 Å². The molecule has 0 spiro atoms. The van der Waals surface area contributed by atoms with Crippen LogP contribution in [0.25, 0.3) is 11.0 Å². The van der Waals surface area contributed by atoms with Gasteiger partial charge in [-0.3, -0.25) is 9.13 Å². The third kappa shape index (κ3) is 3.05. The molecule has 3 rings (SSSR count). The second-order valence-corrected chi connectivity index (χ2v) is 5.52. The van der Waals surface area contributed by atoms with E-state index < -0.39 is 11.9 Å². The summed E-state index contributed by atoms with van der Waals surface area (Å²) in [5, 5.41) is 10.2. The summed E-state index contributed by atoms with van der Waals surface area (Å²) in [4.78, 5) is 12.5. The molecule has 0 radical (unpaired) electrons. The van der Waals surface area contributed by atoms with Crippen LogP contribution >= 0.6 is 0 Å². The minimum atomic E-state index is -0.932. The van der Waals surface area contributed by atoms with Crippen LogP contribution in [0.2, 0.25) is 0 Å². The van der Waals surface area contributed by atoms with Crippen molar-refractivity contribution in [1.82, 2.24) is 9.13 Å². The normalized spacial score (nSPS) is 12.5. The minimum absolute atomic E-state index is 0.0832. The zero-order valence-corrected chi connectivity index (χ0v) is 13.4. The average Bonchev–Trinajstić information content (AvgIpc) is 2.86. The van der Waals surface area contributed by atoms with Gasteiger partial charge in [0.1, 0.15) is 12.7 Å². The maximum atomic E-state index is 13.5. The van der Waals surface area contributed by atoms with Gasteiger partial charge in [-0.25, -0.2) is 9.18 Å². The lowest BCUT2D eigenvalue weighted by Gasteiger charge is -2.13. The first-order valence-electron chi connectivity index (χ1n) is 7.85. The standard InChI is InChI=1S/C18H19FN2O3/c1-2-20-15-8-4-5-9-16(15)21(18(20)23)11-13(22)12-24-17-10-6-3-7-14(17)19/h3-10,13,22H,2,11-12H2,1H3/t13-/m1/s1. The fourth-order valence-corrected chi connectivity index (χ4v) is 2.77. The van der Waals surface area contributed by atoms with Crippen molar-refractivity contribution in [3.63, 3.8) is 0 Å². The molecule has 1 atom stereocenters. The summed E-state index contributed by atoms with van der Waals surface area (Å²) in [6, 6.07) is 13.4. The largest absolute Gasteiger partial charge is 0.488 e. The van der Waals surface area contributed by atoms with Crippen LogP contribution in [0.5, 0.6) is 5.75 Å². The summed E-state index contributed by atoms with van der Waals surface area (Å²) < 4.78 is 22.0. The van der Waals surface area contributed by atoms with Crippen molar-refractivity contribution < 1.29 is 14.2 Å². The first-order chi connectivity index (χ1) is 11.6. The predicted molar refractivity (Wildman–Crippen MR) is 89.8 cm³/mol. The summed E-state index contributed by atoms with van der Waals surface area (Å²) in [6.07, 6.45) is -0.932. The van der Waals surface area contributed by atoms with Crippen LogP contribution in [-0.2, 0) is 13.1 Å². The van der Waals surface area contributed by atoms with Gasteiger partial charge in [-0.1, -0.05) is 24.3 Å². The van der Waals surface area contributed by atoms with Crippen LogP contribution < -0.4 is 10.4 Å². The van der Waals surface area contributed by atoms with Crippen molar-refractivity contribution in [2.75, 3.05) is 6.61 Å². The Balaban J connectivity index is 1.79. The van der Waals surface area contributed by atoms with Gasteiger partial charge < -0.3 is 9.84 Å². The maximum absolute atomic E-state index is 13.5. The number of halogens is 1. The summed E-state index contributed by atoms with van der Waals surface area (Å²) in [5.74, 6) is -0.399. The van der Waals surface area contributed by atoms with Gasteiger partial charge in [0, 0.05) is 6.54 Å². The number of aromatic nitrogens is 2. The van der Waals surface area contributed by atoms with Gasteiger partial charge in [0.25, 0.3) is 0 Å². The topological polar surface area (TPSA) is 56.4 Å². The highest BCUT2D eigenvalue weighted by Crippen LogP contribution is 2.16. The van der Waals surface area contributed by atoms with Crippen LogP contribution in [0, 0.1) is 5.82 Å². The Morgan fingerprint density at radius 3 is 2.38 bits per heavy atom. The monoisotopic (exact) mass is 330 g/mol. The van der Waals surface area contributed by atoms with Crippen molar-refractivity contribution in [3.05, 3.63) is 64.8 Å². The summed E-state index contributed by atoms with van der Waals surface area (Å²) in [6.45, 7) is 2.43. The molecule has 1 aromatic heterocycles. The third-order valence-electron chi connectivity index (χ3n) is 3.90. The van der Waals surface area contributed by atoms with Crippen molar-refractivity contribution in [1.29, 1.82) is 0 Å². The van der Waals surface area contributed by atoms with Gasteiger partial charge in [-0.2, -0.15) is 0 Å². The summed E-state index contributed by atoms with van der Waals surface area (Å²) in [7, 11) is 0. The highest BCUT2D eigenvalue weighted by Gasteiger charge is 2.15. The molecule has 6 heteroatoms. The second kappa shape index (κ2) is 6.88. The average molecular weight is 330 g/mol. The molecule has 0 aliphatic heterocycles. The highest BCUT2D eigenvalue weighted by molar-refractivity contribution is 5.75. The number of benzene rings is 2. The van der Waals surface area contributed by atoms with E-state index >= 15 is 0 Å². The van der Waals surface area contributed by atoms with E-state index in [0.29, 0.717) is 6.54 Å². The lowest BCUT2D eigenvalue weighted by atomic mass is 10.3. The van der Waals surface area contributed by atoms with Crippen LogP contribution in [0.1, 0.15) is 6.92 Å². The molecular weight excluding hydrogens is 311 g/mol. The second-order valence-electron chi connectivity index (χ2n) is 5.52. The van der Waals surface area contributed by atoms with Gasteiger partial charge in [-0.05, 0) is 31.2 Å². The molecule has 1 heterocycles. The van der Waals surface area contributed by atoms with Gasteiger partial charge in [0.05, 0.1) is 17.6 Å². The lowest BCUT2D eigenvalue weighted by molar-refractivity contribution is 0.0905. The number of hydrogen-bond acceptors (Lipinski definition) is 3. The molecule has 0 amide bonds. The Hall–Kier alpha value is -2.60. The van der Waals surface area contributed by atoms with E-state index in [2.05, 4.69) is 0 Å². The molecule has 5 nitrogen and oxygen atoms in total. The van der Waals surface area contributed by atoms with E-state index in [-0.39, 0.29) is 24.6 Å². The van der Waals surface area contributed by atoms with E-state index in [9.17, 15) is 14.3 Å². The van der Waals surface area contributed by atoms with Crippen molar-refractivity contribution >= 4 is 11.0 Å². The molecule has 0 unspecified atom stereocenters. The molecule has 0 bridgehead atoms. The van der Waals surface area contributed by atoms with Gasteiger partial charge in [0.15, 0.2) is 11.6 Å². The number of nitrogens with zero attached hydrogens (tertiary/aromatic N) is 2. The Kier molecular flexibility index (Phi) is 4.66. The molecule has 126 valence electrons. The van der Waals surface area contributed by atoms with Crippen LogP contribution in [0.15, 0.2) is 53.3 Å². The first kappa shape index (κ1) is 16.3. The third-order valence-corrected chi connectivity index (χ3v) is 3.90. The van der Waals surface area contributed by atoms with Gasteiger partial charge in [0.2, 0.25) is 0 Å². The SMILES string of the molecule is CCn1c(=O)n(C[C@@H](O)COc2ccccc2F)c2ccccc21. The number of aliphatic hydroxyl groups excluding tert-OH is 1. The molecular formula is C18H19FN2O3. The molecule has 0 fully saturated rings. The molecule has 0 saturated carbocycles. The number of rotatable bonds is 6. The van der Waals surface area contributed by atoms with Crippen LogP contribution in [0.3, 0.4) is 0 Å². The Bertz CT molecular complexity index is 901. The quantitative estimate of drug-likeness (QED) is 0.755. The number of para-hydroxylation sites is 3. The molecule has 2 aromatic carbocycles. The number of fused-ring (bicyclic) bond motifs is 1. The molecule has 24 heavy (non-hydrogen) atoms. The number of hydrogen-bond donors (Lipinski definition) is 1. The smallest absolute Gasteiger partial charge is 0.329 e. The van der Waals surface area contributed by atoms with Crippen LogP contribution in [-0.4, -0.2) is 27.0 Å². The highest BCUT2D eigenvalue weighted by atomic mass is 19.1. The Labute approximate surface area is 138 Å². The molecule has 0 aliphatic rings. The predicted octanol–water partition coefficient (Wildman–Crippen LogP) is 2.40. The maximum Gasteiger partial charge on any atom is 0.329 e. The van der Waals surface area contributed by atoms with E-state index in [1.165, 1.54) is 16.7 Å². The van der Waals surface area contributed by atoms with E-state index in [1.807, 2.05) is 31.2 Å². The summed E-state index contributed by atoms with van der Waals surface area (Å²) >= 11 is 0. The Morgan fingerprint density at radius 2 is 1.71 bits per heavy atom. The number of aliphatic hydroxyl groups is 1. The Morgan fingerprint density at radius 1 is 1.08 bits per heavy atom. The van der Waals surface area contributed by atoms with Crippen molar-refractivity contribution in [2.45, 2.75) is 26.1 Å². The van der Waals surface area contributed by atoms with E-state index in [1.54, 1.807) is 16.7 Å². The summed E-state index contributed by atoms with van der Waals surface area (Å²) in [5.41, 5.74) is 1.41. The number of ether oxygens (including phenoxy) is 1. The van der Waals surface area contributed by atoms with Crippen molar-refractivity contribution in [3.8, 4) is 5.75 Å². The number of imidazole rings is 1. The van der Waals surface area contributed by atoms with E-state index in [0.717, 1.165) is 11.0 Å².